The van der Waals surface area contributed by atoms with Crippen molar-refractivity contribution in [3.63, 3.8) is 0 Å². The molecule has 2 aromatic carbocycles. The van der Waals surface area contributed by atoms with Crippen molar-refractivity contribution in [3.8, 4) is 0 Å². The number of fused-ring (bicyclic) bond motifs is 2. The average Bonchev–Trinajstić information content (AvgIpc) is 2.80. The third-order valence-electron chi connectivity index (χ3n) is 8.50. The first kappa shape index (κ1) is 23.6. The monoisotopic (exact) mass is 549 g/mol. The molecule has 7 rings (SSSR count). The molecule has 2 aromatic rings. The molecule has 5 aliphatic carbocycles. The van der Waals surface area contributed by atoms with E-state index in [0.29, 0.717) is 40.6 Å². The fourth-order valence-corrected chi connectivity index (χ4v) is 9.07. The van der Waals surface area contributed by atoms with Gasteiger partial charge in [0.25, 0.3) is 5.91 Å². The van der Waals surface area contributed by atoms with Crippen LogP contribution in [0.3, 0.4) is 0 Å². The number of rotatable bonds is 5. The number of hydrogen-bond acceptors (Lipinski definition) is 5. The van der Waals surface area contributed by atoms with E-state index in [-0.39, 0.29) is 32.8 Å². The molecule has 36 heavy (non-hydrogen) atoms. The van der Waals surface area contributed by atoms with Gasteiger partial charge in [-0.1, -0.05) is 40.2 Å². The summed E-state index contributed by atoms with van der Waals surface area (Å²) in [5, 5.41) is 2.73. The summed E-state index contributed by atoms with van der Waals surface area (Å²) in [4.78, 5) is 51.5. The van der Waals surface area contributed by atoms with Crippen molar-refractivity contribution in [1.82, 2.24) is 0 Å². The van der Waals surface area contributed by atoms with E-state index in [9.17, 15) is 19.2 Å². The molecule has 1 N–H and O–H groups in total. The summed E-state index contributed by atoms with van der Waals surface area (Å²) >= 11 is 3.98. The quantitative estimate of drug-likeness (QED) is 0.337. The van der Waals surface area contributed by atoms with Gasteiger partial charge in [0, 0.05) is 32.3 Å². The molecule has 4 saturated carbocycles. The Morgan fingerprint density at radius 1 is 0.972 bits per heavy atom. The number of ketones is 2. The molecule has 0 aromatic heterocycles. The van der Waals surface area contributed by atoms with Crippen molar-refractivity contribution in [2.45, 2.75) is 62.3 Å². The van der Waals surface area contributed by atoms with Crippen LogP contribution in [0, 0.1) is 17.3 Å². The molecule has 1 amide bonds. The Hall–Kier alpha value is -2.80. The molecule has 0 aliphatic heterocycles. The summed E-state index contributed by atoms with van der Waals surface area (Å²) in [6.07, 6.45) is 6.16. The van der Waals surface area contributed by atoms with Crippen LogP contribution in [0.5, 0.6) is 0 Å². The minimum Gasteiger partial charge on any atom is -0.453 e. The van der Waals surface area contributed by atoms with Crippen molar-refractivity contribution in [1.29, 1.82) is 0 Å². The Morgan fingerprint density at radius 2 is 1.58 bits per heavy atom. The lowest BCUT2D eigenvalue weighted by atomic mass is 9.49. The SMILES string of the molecule is C[C@H](OC(=O)CC12C[C@@H]3C[C@H](CC(Br)(C3)C1)C2)C(=O)Nc1ccc2c(c1)C(=O)c1ccccc1C2=O. The number of carbonyl (C=O) groups excluding carboxylic acids is 4. The Kier molecular flexibility index (Phi) is 5.48. The first-order valence-corrected chi connectivity index (χ1v) is 13.4. The number of ether oxygens (including phenoxy) is 1. The largest absolute Gasteiger partial charge is 0.453 e. The summed E-state index contributed by atoms with van der Waals surface area (Å²) in [5.41, 5.74) is 1.67. The van der Waals surface area contributed by atoms with Gasteiger partial charge in [0.1, 0.15) is 0 Å². The van der Waals surface area contributed by atoms with Gasteiger partial charge in [0.05, 0.1) is 6.42 Å². The highest BCUT2D eigenvalue weighted by Gasteiger charge is 2.57. The second-order valence-corrected chi connectivity index (χ2v) is 13.1. The van der Waals surface area contributed by atoms with E-state index >= 15 is 0 Å². The lowest BCUT2D eigenvalue weighted by Crippen LogP contribution is -2.53. The number of nitrogens with one attached hydrogen (secondary N) is 1. The van der Waals surface area contributed by atoms with Gasteiger partial charge in [0.15, 0.2) is 17.7 Å². The van der Waals surface area contributed by atoms with Gasteiger partial charge >= 0.3 is 5.97 Å². The normalized spacial score (nSPS) is 30.4. The van der Waals surface area contributed by atoms with E-state index in [1.165, 1.54) is 25.3 Å². The van der Waals surface area contributed by atoms with Gasteiger partial charge in [0.2, 0.25) is 0 Å². The topological polar surface area (TPSA) is 89.5 Å². The van der Waals surface area contributed by atoms with Crippen LogP contribution in [0.4, 0.5) is 5.69 Å². The number of alkyl halides is 1. The van der Waals surface area contributed by atoms with E-state index in [1.54, 1.807) is 43.3 Å². The van der Waals surface area contributed by atoms with Gasteiger partial charge in [-0.3, -0.25) is 19.2 Å². The maximum absolute atomic E-state index is 13.0. The van der Waals surface area contributed by atoms with Gasteiger partial charge < -0.3 is 10.1 Å². The molecule has 4 bridgehead atoms. The number of anilines is 1. The second kappa shape index (κ2) is 8.37. The van der Waals surface area contributed by atoms with Crippen molar-refractivity contribution in [2.75, 3.05) is 5.32 Å². The molecule has 0 radical (unpaired) electrons. The van der Waals surface area contributed by atoms with Crippen molar-refractivity contribution in [2.24, 2.45) is 17.3 Å². The van der Waals surface area contributed by atoms with Crippen LogP contribution in [0.25, 0.3) is 0 Å². The standard InChI is InChI=1S/C29H28BrNO5/c1-16(36-24(32)14-28-10-17-8-18(11-28)13-29(30,12-17)15-28)27(35)31-19-6-7-22-23(9-19)26(34)21-5-3-2-4-20(21)25(22)33/h2-7,9,16-18H,8,10-15H2,1H3,(H,31,35)/t16-,17-,18-,28?,29?/m0/s1. The van der Waals surface area contributed by atoms with Crippen LogP contribution in [0.15, 0.2) is 42.5 Å². The molecular weight excluding hydrogens is 522 g/mol. The Morgan fingerprint density at radius 3 is 2.22 bits per heavy atom. The molecule has 0 heterocycles. The average molecular weight is 550 g/mol. The number of esters is 1. The van der Waals surface area contributed by atoms with Crippen molar-refractivity contribution < 1.29 is 23.9 Å². The van der Waals surface area contributed by atoms with Crippen LogP contribution < -0.4 is 5.32 Å². The Labute approximate surface area is 218 Å². The van der Waals surface area contributed by atoms with Crippen LogP contribution in [-0.4, -0.2) is 33.9 Å². The molecule has 6 nitrogen and oxygen atoms in total. The number of amides is 1. The summed E-state index contributed by atoms with van der Waals surface area (Å²) < 4.78 is 5.73. The van der Waals surface area contributed by atoms with E-state index in [4.69, 9.17) is 4.74 Å². The van der Waals surface area contributed by atoms with Crippen LogP contribution in [-0.2, 0) is 14.3 Å². The molecule has 0 unspecified atom stereocenters. The van der Waals surface area contributed by atoms with Gasteiger partial charge in [-0.25, -0.2) is 0 Å². The number of halogens is 1. The van der Waals surface area contributed by atoms with E-state index < -0.39 is 12.0 Å². The highest BCUT2D eigenvalue weighted by Crippen LogP contribution is 2.65. The maximum Gasteiger partial charge on any atom is 0.307 e. The maximum atomic E-state index is 13.0. The number of hydrogen-bond donors (Lipinski definition) is 1. The second-order valence-electron chi connectivity index (χ2n) is 11.4. The zero-order chi connectivity index (χ0) is 25.2. The third kappa shape index (κ3) is 4.01. The molecule has 7 heteroatoms. The van der Waals surface area contributed by atoms with E-state index in [2.05, 4.69) is 21.2 Å². The smallest absolute Gasteiger partial charge is 0.307 e. The van der Waals surface area contributed by atoms with Gasteiger partial charge in [-0.2, -0.15) is 0 Å². The van der Waals surface area contributed by atoms with E-state index in [0.717, 1.165) is 19.3 Å². The molecule has 5 aliphatic rings. The summed E-state index contributed by atoms with van der Waals surface area (Å²) in [7, 11) is 0. The molecule has 3 atom stereocenters. The minimum absolute atomic E-state index is 0.0253. The zero-order valence-corrected chi connectivity index (χ0v) is 21.7. The van der Waals surface area contributed by atoms with Crippen molar-refractivity contribution in [3.05, 3.63) is 64.7 Å². The molecule has 0 spiro atoms. The predicted molar refractivity (Wildman–Crippen MR) is 137 cm³/mol. The highest BCUT2D eigenvalue weighted by molar-refractivity contribution is 9.10. The Bertz CT molecular complexity index is 1300. The fourth-order valence-electron chi connectivity index (χ4n) is 7.56. The molecule has 4 fully saturated rings. The van der Waals surface area contributed by atoms with Crippen LogP contribution in [0.1, 0.15) is 83.7 Å². The fraction of sp³-hybridized carbons (Fsp3) is 0.448. The van der Waals surface area contributed by atoms with Gasteiger partial charge in [-0.05, 0) is 80.9 Å². The lowest BCUT2D eigenvalue weighted by Gasteiger charge is -2.60. The van der Waals surface area contributed by atoms with Gasteiger partial charge in [-0.15, -0.1) is 0 Å². The zero-order valence-electron chi connectivity index (χ0n) is 20.1. The minimum atomic E-state index is -0.974. The summed E-state index contributed by atoms with van der Waals surface area (Å²) in [6, 6.07) is 11.4. The number of carbonyl (C=O) groups is 4. The number of benzene rings is 2. The van der Waals surface area contributed by atoms with Crippen LogP contribution >= 0.6 is 15.9 Å². The third-order valence-corrected chi connectivity index (χ3v) is 9.43. The summed E-state index contributed by atoms with van der Waals surface area (Å²) in [5.74, 6) is 0.0694. The van der Waals surface area contributed by atoms with Crippen molar-refractivity contribution >= 4 is 45.1 Å². The molecule has 186 valence electrons. The predicted octanol–water partition coefficient (Wildman–Crippen LogP) is 5.46. The summed E-state index contributed by atoms with van der Waals surface area (Å²) in [6.45, 7) is 1.56. The highest BCUT2D eigenvalue weighted by atomic mass is 79.9. The molecule has 0 saturated heterocycles. The lowest BCUT2D eigenvalue weighted by molar-refractivity contribution is -0.159. The Balaban J connectivity index is 1.11. The first-order chi connectivity index (χ1) is 17.1. The first-order valence-electron chi connectivity index (χ1n) is 12.7. The van der Waals surface area contributed by atoms with Crippen LogP contribution in [0.2, 0.25) is 0 Å². The molecular formula is C29H28BrNO5. The van der Waals surface area contributed by atoms with E-state index in [1.807, 2.05) is 0 Å².